The molecule has 108 valence electrons. The summed E-state index contributed by atoms with van der Waals surface area (Å²) in [5, 5.41) is 3.38. The van der Waals surface area contributed by atoms with E-state index in [4.69, 9.17) is 4.74 Å². The van der Waals surface area contributed by atoms with Gasteiger partial charge in [-0.05, 0) is 43.0 Å². The van der Waals surface area contributed by atoms with E-state index < -0.39 is 11.6 Å². The largest absolute Gasteiger partial charge is 0.384 e. The second kappa shape index (κ2) is 8.23. The number of methoxy groups -OCH3 is 1. The summed E-state index contributed by atoms with van der Waals surface area (Å²) in [6.07, 6.45) is 1.64. The normalized spacial score (nSPS) is 14.4. The Morgan fingerprint density at radius 3 is 2.58 bits per heavy atom. The first-order valence-electron chi connectivity index (χ1n) is 6.73. The number of benzene rings is 1. The summed E-state index contributed by atoms with van der Waals surface area (Å²) in [5.41, 5.74) is 0.814. The topological polar surface area (TPSA) is 21.3 Å². The van der Waals surface area contributed by atoms with Crippen LogP contribution in [-0.4, -0.2) is 26.3 Å². The van der Waals surface area contributed by atoms with Gasteiger partial charge in [0.1, 0.15) is 0 Å². The minimum atomic E-state index is -0.795. The van der Waals surface area contributed by atoms with Gasteiger partial charge in [-0.3, -0.25) is 0 Å². The first-order chi connectivity index (χ1) is 9.06. The van der Waals surface area contributed by atoms with Gasteiger partial charge < -0.3 is 10.1 Å². The van der Waals surface area contributed by atoms with Crippen molar-refractivity contribution >= 4 is 0 Å². The number of rotatable bonds is 8. The average molecular weight is 271 g/mol. The van der Waals surface area contributed by atoms with Crippen LogP contribution >= 0.6 is 0 Å². The van der Waals surface area contributed by atoms with E-state index in [2.05, 4.69) is 12.2 Å². The Bertz CT molecular complexity index is 384. The molecule has 0 amide bonds. The van der Waals surface area contributed by atoms with Crippen molar-refractivity contribution in [2.45, 2.75) is 32.7 Å². The van der Waals surface area contributed by atoms with Crippen LogP contribution in [0.3, 0.4) is 0 Å². The van der Waals surface area contributed by atoms with Gasteiger partial charge >= 0.3 is 0 Å². The molecule has 0 heterocycles. The summed E-state index contributed by atoms with van der Waals surface area (Å²) in [5.74, 6) is -1.14. The molecule has 0 bridgehead atoms. The zero-order chi connectivity index (χ0) is 14.3. The van der Waals surface area contributed by atoms with Gasteiger partial charge in [-0.2, -0.15) is 0 Å². The van der Waals surface area contributed by atoms with E-state index in [-0.39, 0.29) is 6.04 Å². The molecule has 1 N–H and O–H groups in total. The van der Waals surface area contributed by atoms with Crippen molar-refractivity contribution < 1.29 is 13.5 Å². The number of ether oxygens (including phenoxy) is 1. The predicted molar refractivity (Wildman–Crippen MR) is 73.2 cm³/mol. The Labute approximate surface area is 114 Å². The van der Waals surface area contributed by atoms with Crippen LogP contribution in [0.2, 0.25) is 0 Å². The van der Waals surface area contributed by atoms with E-state index in [1.807, 2.05) is 6.92 Å². The zero-order valence-electron chi connectivity index (χ0n) is 11.9. The fourth-order valence-electron chi connectivity index (χ4n) is 2.32. The predicted octanol–water partition coefficient (Wildman–Crippen LogP) is 3.16. The molecule has 1 rings (SSSR count). The molecular weight excluding hydrogens is 248 g/mol. The van der Waals surface area contributed by atoms with E-state index in [9.17, 15) is 8.78 Å². The highest BCUT2D eigenvalue weighted by atomic mass is 19.2. The number of likely N-dealkylation sites (N-methyl/N-ethyl adjacent to an activating group) is 1. The molecular formula is C15H23F2NO. The molecule has 1 aromatic carbocycles. The lowest BCUT2D eigenvalue weighted by atomic mass is 9.96. The van der Waals surface area contributed by atoms with Gasteiger partial charge in [0.15, 0.2) is 11.6 Å². The minimum Gasteiger partial charge on any atom is -0.384 e. The van der Waals surface area contributed by atoms with Gasteiger partial charge in [-0.25, -0.2) is 8.78 Å². The van der Waals surface area contributed by atoms with Crippen molar-refractivity contribution in [3.05, 3.63) is 35.4 Å². The summed E-state index contributed by atoms with van der Waals surface area (Å²) in [7, 11) is 1.69. The average Bonchev–Trinajstić information content (AvgIpc) is 2.34. The van der Waals surface area contributed by atoms with Gasteiger partial charge in [-0.15, -0.1) is 0 Å². The Morgan fingerprint density at radius 2 is 2.00 bits per heavy atom. The molecule has 0 aliphatic rings. The Hall–Kier alpha value is -1.00. The molecule has 2 nitrogen and oxygen atoms in total. The van der Waals surface area contributed by atoms with Crippen LogP contribution in [-0.2, 0) is 11.2 Å². The first kappa shape index (κ1) is 16.1. The third kappa shape index (κ3) is 5.66. The van der Waals surface area contributed by atoms with Crippen molar-refractivity contribution in [3.8, 4) is 0 Å². The Morgan fingerprint density at radius 1 is 1.26 bits per heavy atom. The maximum absolute atomic E-state index is 13.2. The molecule has 0 radical (unpaired) electrons. The summed E-state index contributed by atoms with van der Waals surface area (Å²) < 4.78 is 31.2. The monoisotopic (exact) mass is 271 g/mol. The van der Waals surface area contributed by atoms with Crippen LogP contribution < -0.4 is 5.32 Å². The maximum Gasteiger partial charge on any atom is 0.159 e. The molecule has 0 aliphatic carbocycles. The van der Waals surface area contributed by atoms with Crippen molar-refractivity contribution in [2.24, 2.45) is 5.92 Å². The third-order valence-corrected chi connectivity index (χ3v) is 3.10. The molecule has 2 unspecified atom stereocenters. The highest BCUT2D eigenvalue weighted by Crippen LogP contribution is 2.14. The van der Waals surface area contributed by atoms with Gasteiger partial charge in [0.05, 0.1) is 0 Å². The molecule has 0 aliphatic heterocycles. The number of hydrogen-bond donors (Lipinski definition) is 1. The van der Waals surface area contributed by atoms with Crippen LogP contribution in [0.25, 0.3) is 0 Å². The highest BCUT2D eigenvalue weighted by molar-refractivity contribution is 5.18. The molecule has 4 heteroatoms. The van der Waals surface area contributed by atoms with Gasteiger partial charge in [0.25, 0.3) is 0 Å². The quantitative estimate of drug-likeness (QED) is 0.784. The molecule has 0 aromatic heterocycles. The lowest BCUT2D eigenvalue weighted by Gasteiger charge is -2.21. The molecule has 0 fully saturated rings. The van der Waals surface area contributed by atoms with Crippen molar-refractivity contribution in [2.75, 3.05) is 20.3 Å². The fourth-order valence-corrected chi connectivity index (χ4v) is 2.32. The summed E-state index contributed by atoms with van der Waals surface area (Å²) in [6, 6.07) is 4.36. The molecule has 2 atom stereocenters. The van der Waals surface area contributed by atoms with E-state index in [0.717, 1.165) is 18.5 Å². The standard InChI is InChI=1S/C15H23F2NO/c1-4-18-13(7-11(2)10-19-3)8-12-5-6-14(16)15(17)9-12/h5-6,9,11,13,18H,4,7-8,10H2,1-3H3. The Kier molecular flexibility index (Phi) is 6.95. The molecule has 19 heavy (non-hydrogen) atoms. The van der Waals surface area contributed by atoms with E-state index in [1.54, 1.807) is 13.2 Å². The number of nitrogens with one attached hydrogen (secondary N) is 1. The van der Waals surface area contributed by atoms with E-state index in [1.165, 1.54) is 12.1 Å². The highest BCUT2D eigenvalue weighted by Gasteiger charge is 2.14. The maximum atomic E-state index is 13.2. The van der Waals surface area contributed by atoms with Gasteiger partial charge in [0.2, 0.25) is 0 Å². The second-order valence-electron chi connectivity index (χ2n) is 5.00. The van der Waals surface area contributed by atoms with Crippen LogP contribution in [0.5, 0.6) is 0 Å². The Balaban J connectivity index is 2.63. The van der Waals surface area contributed by atoms with Crippen LogP contribution in [0.4, 0.5) is 8.78 Å². The van der Waals surface area contributed by atoms with Gasteiger partial charge in [0, 0.05) is 19.8 Å². The second-order valence-corrected chi connectivity index (χ2v) is 5.00. The fraction of sp³-hybridized carbons (Fsp3) is 0.600. The molecule has 0 saturated carbocycles. The van der Waals surface area contributed by atoms with Crippen LogP contribution in [0.15, 0.2) is 18.2 Å². The third-order valence-electron chi connectivity index (χ3n) is 3.10. The lowest BCUT2D eigenvalue weighted by molar-refractivity contribution is 0.149. The van der Waals surface area contributed by atoms with Crippen molar-refractivity contribution in [3.63, 3.8) is 0 Å². The minimum absolute atomic E-state index is 0.250. The number of halogens is 2. The smallest absolute Gasteiger partial charge is 0.159 e. The first-order valence-corrected chi connectivity index (χ1v) is 6.73. The summed E-state index contributed by atoms with van der Waals surface area (Å²) in [4.78, 5) is 0. The van der Waals surface area contributed by atoms with E-state index in [0.29, 0.717) is 18.9 Å². The molecule has 1 aromatic rings. The van der Waals surface area contributed by atoms with Crippen LogP contribution in [0.1, 0.15) is 25.8 Å². The lowest BCUT2D eigenvalue weighted by Crippen LogP contribution is -2.33. The number of hydrogen-bond acceptors (Lipinski definition) is 2. The van der Waals surface area contributed by atoms with Gasteiger partial charge in [-0.1, -0.05) is 19.9 Å². The molecule has 0 saturated heterocycles. The zero-order valence-corrected chi connectivity index (χ0v) is 11.9. The van der Waals surface area contributed by atoms with Crippen molar-refractivity contribution in [1.82, 2.24) is 5.32 Å². The van der Waals surface area contributed by atoms with Crippen molar-refractivity contribution in [1.29, 1.82) is 0 Å². The SMILES string of the molecule is CCNC(Cc1ccc(F)c(F)c1)CC(C)COC. The summed E-state index contributed by atoms with van der Waals surface area (Å²) >= 11 is 0. The summed E-state index contributed by atoms with van der Waals surface area (Å²) in [6.45, 7) is 5.73. The molecule has 0 spiro atoms. The van der Waals surface area contributed by atoms with E-state index >= 15 is 0 Å². The van der Waals surface area contributed by atoms with Crippen LogP contribution in [0, 0.1) is 17.6 Å².